The summed E-state index contributed by atoms with van der Waals surface area (Å²) in [5.41, 5.74) is 0. The summed E-state index contributed by atoms with van der Waals surface area (Å²) in [5, 5.41) is 0. The molecule has 2 aliphatic heterocycles. The van der Waals surface area contributed by atoms with E-state index in [-0.39, 0.29) is 0 Å². The van der Waals surface area contributed by atoms with E-state index in [0.29, 0.717) is 0 Å². The first-order chi connectivity index (χ1) is 9.79. The maximum atomic E-state index is 5.32. The van der Waals surface area contributed by atoms with Crippen LogP contribution in [0, 0.1) is 21.5 Å². The number of hydrogen-bond acceptors (Lipinski definition) is 3. The van der Waals surface area contributed by atoms with Gasteiger partial charge in [0, 0.05) is 31.7 Å². The van der Waals surface area contributed by atoms with Crippen LogP contribution in [0.2, 0.25) is 0 Å². The Morgan fingerprint density at radius 1 is 1.25 bits per heavy atom. The summed E-state index contributed by atoms with van der Waals surface area (Å²) in [7, 11) is 0. The molecule has 4 fully saturated rings. The van der Waals surface area contributed by atoms with Crippen molar-refractivity contribution in [3.63, 3.8) is 0 Å². The van der Waals surface area contributed by atoms with Crippen molar-refractivity contribution in [2.75, 3.05) is 26.3 Å². The lowest BCUT2D eigenvalue weighted by Crippen LogP contribution is -2.49. The van der Waals surface area contributed by atoms with Crippen LogP contribution in [-0.4, -0.2) is 46.8 Å². The molecule has 1 aromatic heterocycles. The highest BCUT2D eigenvalue weighted by molar-refractivity contribution is 14.1. The summed E-state index contributed by atoms with van der Waals surface area (Å²) >= 11 is 2.37. The minimum atomic E-state index is 0.720. The molecule has 0 aromatic carbocycles. The quantitative estimate of drug-likeness (QED) is 0.743. The van der Waals surface area contributed by atoms with Gasteiger partial charge >= 0.3 is 0 Å². The first-order valence-electron chi connectivity index (χ1n) is 7.84. The van der Waals surface area contributed by atoms with E-state index in [1.807, 2.05) is 0 Å². The van der Waals surface area contributed by atoms with Gasteiger partial charge in [0.05, 0.1) is 19.3 Å². The molecule has 5 rings (SSSR count). The van der Waals surface area contributed by atoms with Crippen LogP contribution in [0.1, 0.15) is 24.7 Å². The van der Waals surface area contributed by atoms with Gasteiger partial charge in [-0.05, 0) is 53.2 Å². The molecule has 0 spiro atoms. The van der Waals surface area contributed by atoms with Crippen LogP contribution in [0.25, 0.3) is 0 Å². The van der Waals surface area contributed by atoms with Crippen molar-refractivity contribution in [3.05, 3.63) is 15.7 Å². The summed E-state index contributed by atoms with van der Waals surface area (Å²) in [6, 6.07) is 1.47. The molecule has 5 heteroatoms. The fourth-order valence-corrected chi connectivity index (χ4v) is 4.64. The maximum absolute atomic E-state index is 5.32. The van der Waals surface area contributed by atoms with Crippen LogP contribution in [0.4, 0.5) is 0 Å². The highest BCUT2D eigenvalue weighted by Gasteiger charge is 2.58. The first kappa shape index (κ1) is 12.4. The lowest BCUT2D eigenvalue weighted by molar-refractivity contribution is -0.0616. The van der Waals surface area contributed by atoms with Crippen molar-refractivity contribution in [2.45, 2.75) is 31.3 Å². The minimum absolute atomic E-state index is 0.720. The van der Waals surface area contributed by atoms with E-state index in [9.17, 15) is 0 Å². The highest BCUT2D eigenvalue weighted by atomic mass is 127. The van der Waals surface area contributed by atoms with Gasteiger partial charge in [0.25, 0.3) is 0 Å². The molecule has 0 N–H and O–H groups in total. The van der Waals surface area contributed by atoms with Gasteiger partial charge in [-0.3, -0.25) is 4.90 Å². The standard InChI is InChI=1S/C15H20IN3O/c16-13-6-19(14(17-13)3-9-1-2-9)15-11-4-18(5-12(11)15)10-7-20-8-10/h6,9-12,15H,1-5,7-8H2. The molecular formula is C15H20IN3O. The van der Waals surface area contributed by atoms with Crippen LogP contribution in [0.3, 0.4) is 0 Å². The van der Waals surface area contributed by atoms with Crippen molar-refractivity contribution in [1.29, 1.82) is 0 Å². The number of nitrogens with zero attached hydrogens (tertiary/aromatic N) is 3. The Morgan fingerprint density at radius 3 is 2.60 bits per heavy atom. The molecular weight excluding hydrogens is 365 g/mol. The van der Waals surface area contributed by atoms with Gasteiger partial charge in [0.2, 0.25) is 0 Å². The third-order valence-electron chi connectivity index (χ3n) is 5.58. The van der Waals surface area contributed by atoms with E-state index in [1.165, 1.54) is 41.9 Å². The fourth-order valence-electron chi connectivity index (χ4n) is 4.06. The molecule has 3 heterocycles. The fraction of sp³-hybridized carbons (Fsp3) is 0.800. The topological polar surface area (TPSA) is 30.3 Å². The van der Waals surface area contributed by atoms with Crippen LogP contribution in [-0.2, 0) is 11.2 Å². The van der Waals surface area contributed by atoms with Gasteiger partial charge in [-0.1, -0.05) is 0 Å². The van der Waals surface area contributed by atoms with Gasteiger partial charge in [-0.25, -0.2) is 4.98 Å². The number of ether oxygens (including phenoxy) is 1. The van der Waals surface area contributed by atoms with Crippen LogP contribution in [0.15, 0.2) is 6.20 Å². The van der Waals surface area contributed by atoms with E-state index in [4.69, 9.17) is 9.72 Å². The first-order valence-corrected chi connectivity index (χ1v) is 8.92. The van der Waals surface area contributed by atoms with Crippen molar-refractivity contribution in [1.82, 2.24) is 14.5 Å². The third-order valence-corrected chi connectivity index (χ3v) is 6.10. The Hall–Kier alpha value is -0.140. The van der Waals surface area contributed by atoms with Crippen LogP contribution >= 0.6 is 22.6 Å². The summed E-state index contributed by atoms with van der Waals surface area (Å²) in [4.78, 5) is 7.43. The molecule has 4 aliphatic rings. The molecule has 20 heavy (non-hydrogen) atoms. The number of likely N-dealkylation sites (tertiary alicyclic amines) is 1. The smallest absolute Gasteiger partial charge is 0.119 e. The zero-order valence-electron chi connectivity index (χ0n) is 11.5. The summed E-state index contributed by atoms with van der Waals surface area (Å²) in [6.45, 7) is 4.47. The van der Waals surface area contributed by atoms with Gasteiger partial charge < -0.3 is 9.30 Å². The number of hydrogen-bond donors (Lipinski definition) is 0. The molecule has 2 unspecified atom stereocenters. The minimum Gasteiger partial charge on any atom is -0.378 e. The van der Waals surface area contributed by atoms with E-state index in [0.717, 1.165) is 43.1 Å². The molecule has 108 valence electrons. The van der Waals surface area contributed by atoms with Gasteiger partial charge in [0.15, 0.2) is 0 Å². The maximum Gasteiger partial charge on any atom is 0.119 e. The molecule has 1 aromatic rings. The van der Waals surface area contributed by atoms with Crippen molar-refractivity contribution < 1.29 is 4.74 Å². The largest absolute Gasteiger partial charge is 0.378 e. The van der Waals surface area contributed by atoms with E-state index in [1.54, 1.807) is 0 Å². The monoisotopic (exact) mass is 385 g/mol. The number of piperidine rings is 1. The molecule has 4 nitrogen and oxygen atoms in total. The molecule has 2 saturated heterocycles. The Kier molecular flexibility index (Phi) is 2.75. The summed E-state index contributed by atoms with van der Waals surface area (Å²) in [5.74, 6) is 4.03. The zero-order chi connectivity index (χ0) is 13.3. The van der Waals surface area contributed by atoms with Crippen LogP contribution < -0.4 is 0 Å². The van der Waals surface area contributed by atoms with Crippen molar-refractivity contribution in [2.24, 2.45) is 17.8 Å². The second-order valence-electron chi connectivity index (χ2n) is 7.00. The van der Waals surface area contributed by atoms with Gasteiger partial charge in [-0.2, -0.15) is 0 Å². The summed E-state index contributed by atoms with van der Waals surface area (Å²) in [6.07, 6.45) is 6.32. The van der Waals surface area contributed by atoms with E-state index >= 15 is 0 Å². The predicted octanol–water partition coefficient (Wildman–Crippen LogP) is 1.94. The van der Waals surface area contributed by atoms with Crippen molar-refractivity contribution >= 4 is 22.6 Å². The lowest BCUT2D eigenvalue weighted by Gasteiger charge is -2.36. The number of halogens is 1. The average molecular weight is 385 g/mol. The highest BCUT2D eigenvalue weighted by Crippen LogP contribution is 2.56. The van der Waals surface area contributed by atoms with E-state index < -0.39 is 0 Å². The second-order valence-corrected chi connectivity index (χ2v) is 8.10. The predicted molar refractivity (Wildman–Crippen MR) is 83.6 cm³/mol. The zero-order valence-corrected chi connectivity index (χ0v) is 13.7. The molecule has 0 bridgehead atoms. The SMILES string of the molecule is Ic1cn(C2C3CN(C4COC4)CC32)c(CC2CC2)n1. The Morgan fingerprint density at radius 2 is 2.00 bits per heavy atom. The third kappa shape index (κ3) is 1.96. The van der Waals surface area contributed by atoms with Gasteiger partial charge in [-0.15, -0.1) is 0 Å². The Balaban J connectivity index is 1.31. The molecule has 2 atom stereocenters. The van der Waals surface area contributed by atoms with Crippen LogP contribution in [0.5, 0.6) is 0 Å². The number of rotatable bonds is 4. The number of imidazole rings is 1. The molecule has 2 aliphatic carbocycles. The molecule has 0 radical (unpaired) electrons. The van der Waals surface area contributed by atoms with E-state index in [2.05, 4.69) is 38.3 Å². The van der Waals surface area contributed by atoms with Gasteiger partial charge in [0.1, 0.15) is 9.53 Å². The Labute approximate surface area is 133 Å². The number of fused-ring (bicyclic) bond motifs is 1. The normalized spacial score (nSPS) is 37.0. The Bertz CT molecular complexity index is 525. The van der Waals surface area contributed by atoms with Crippen molar-refractivity contribution in [3.8, 4) is 0 Å². The second kappa shape index (κ2) is 4.43. The lowest BCUT2D eigenvalue weighted by atomic mass is 10.2. The average Bonchev–Trinajstić information content (AvgIpc) is 3.20. The molecule has 2 saturated carbocycles. The summed E-state index contributed by atoms with van der Waals surface area (Å²) < 4.78 is 9.03. The molecule has 0 amide bonds. The number of aromatic nitrogens is 2.